The van der Waals surface area contributed by atoms with E-state index in [2.05, 4.69) is 17.5 Å². The van der Waals surface area contributed by atoms with Crippen LogP contribution in [0.25, 0.3) is 0 Å². The van der Waals surface area contributed by atoms with Crippen molar-refractivity contribution >= 4 is 10.1 Å². The molecule has 1 rings (SSSR count). The minimum atomic E-state index is -4.06. The Kier molecular flexibility index (Phi) is 3.90. The second kappa shape index (κ2) is 4.74. The average molecular weight is 204 g/mol. The molecule has 1 unspecified atom stereocenters. The van der Waals surface area contributed by atoms with Crippen LogP contribution in [0.1, 0.15) is 19.3 Å². The third kappa shape index (κ3) is 5.02. The molecule has 0 aromatic carbocycles. The third-order valence-electron chi connectivity index (χ3n) is 2.05. The molecule has 1 aliphatic rings. The highest BCUT2D eigenvalue weighted by atomic mass is 32.2. The summed E-state index contributed by atoms with van der Waals surface area (Å²) >= 11 is 0. The topological polar surface area (TPSA) is 69.2 Å². The van der Waals surface area contributed by atoms with Gasteiger partial charge in [-0.15, -0.1) is 0 Å². The molecule has 76 valence electrons. The SMILES string of the molecule is O=S(=O)([O-])CCNC1CC=CCC1. The average Bonchev–Trinajstić information content (AvgIpc) is 2.04. The Labute approximate surface area is 78.8 Å². The van der Waals surface area contributed by atoms with Crippen LogP contribution in [0.2, 0.25) is 0 Å². The first kappa shape index (κ1) is 10.7. The van der Waals surface area contributed by atoms with Crippen molar-refractivity contribution in [1.29, 1.82) is 0 Å². The summed E-state index contributed by atoms with van der Waals surface area (Å²) < 4.78 is 30.8. The predicted octanol–water partition coefficient (Wildman–Crippen LogP) is 0.230. The van der Waals surface area contributed by atoms with Gasteiger partial charge in [0.1, 0.15) is 0 Å². The van der Waals surface area contributed by atoms with E-state index in [0.717, 1.165) is 19.3 Å². The Hall–Kier alpha value is -0.390. The molecule has 0 aromatic heterocycles. The van der Waals surface area contributed by atoms with E-state index in [-0.39, 0.29) is 12.3 Å². The highest BCUT2D eigenvalue weighted by Gasteiger charge is 2.08. The molecule has 1 atom stereocenters. The Morgan fingerprint density at radius 2 is 2.23 bits per heavy atom. The van der Waals surface area contributed by atoms with Gasteiger partial charge in [0.05, 0.1) is 15.9 Å². The molecule has 0 fully saturated rings. The second-order valence-corrected chi connectivity index (χ2v) is 4.72. The summed E-state index contributed by atoms with van der Waals surface area (Å²) in [5, 5.41) is 3.05. The van der Waals surface area contributed by atoms with Gasteiger partial charge in [-0.2, -0.15) is 0 Å². The highest BCUT2D eigenvalue weighted by Crippen LogP contribution is 2.09. The molecule has 0 aliphatic heterocycles. The molecular formula is C8H14NO3S-. The van der Waals surface area contributed by atoms with E-state index in [1.807, 2.05) is 0 Å². The van der Waals surface area contributed by atoms with Crippen molar-refractivity contribution in [2.24, 2.45) is 0 Å². The van der Waals surface area contributed by atoms with Gasteiger partial charge in [0, 0.05) is 12.6 Å². The maximum absolute atomic E-state index is 10.3. The predicted molar refractivity (Wildman–Crippen MR) is 49.3 cm³/mol. The minimum absolute atomic E-state index is 0.268. The molecular weight excluding hydrogens is 190 g/mol. The van der Waals surface area contributed by atoms with Crippen LogP contribution in [-0.4, -0.2) is 31.3 Å². The van der Waals surface area contributed by atoms with Crippen LogP contribution in [0.4, 0.5) is 0 Å². The summed E-state index contributed by atoms with van der Waals surface area (Å²) in [6.07, 6.45) is 7.17. The van der Waals surface area contributed by atoms with Gasteiger partial charge in [0.25, 0.3) is 0 Å². The quantitative estimate of drug-likeness (QED) is 0.525. The molecule has 4 nitrogen and oxygen atoms in total. The van der Waals surface area contributed by atoms with E-state index in [1.54, 1.807) is 0 Å². The van der Waals surface area contributed by atoms with Gasteiger partial charge < -0.3 is 9.87 Å². The lowest BCUT2D eigenvalue weighted by Gasteiger charge is -2.19. The lowest BCUT2D eigenvalue weighted by Crippen LogP contribution is -2.33. The summed E-state index contributed by atoms with van der Waals surface area (Å²) in [6.45, 7) is 0.268. The van der Waals surface area contributed by atoms with Gasteiger partial charge in [-0.3, -0.25) is 0 Å². The summed E-state index contributed by atoms with van der Waals surface area (Å²) in [4.78, 5) is 0. The second-order valence-electron chi connectivity index (χ2n) is 3.20. The van der Waals surface area contributed by atoms with E-state index in [1.165, 1.54) is 0 Å². The van der Waals surface area contributed by atoms with Gasteiger partial charge in [-0.1, -0.05) is 12.2 Å². The third-order valence-corrected chi connectivity index (χ3v) is 2.76. The van der Waals surface area contributed by atoms with Crippen LogP contribution in [-0.2, 0) is 10.1 Å². The van der Waals surface area contributed by atoms with Gasteiger partial charge in [-0.05, 0) is 19.3 Å². The van der Waals surface area contributed by atoms with Crippen LogP contribution >= 0.6 is 0 Å². The van der Waals surface area contributed by atoms with Crippen molar-refractivity contribution < 1.29 is 13.0 Å². The molecule has 0 spiro atoms. The maximum atomic E-state index is 10.3. The van der Waals surface area contributed by atoms with Crippen molar-refractivity contribution in [2.75, 3.05) is 12.3 Å². The first-order valence-electron chi connectivity index (χ1n) is 4.40. The Balaban J connectivity index is 2.16. The van der Waals surface area contributed by atoms with Gasteiger partial charge in [-0.25, -0.2) is 8.42 Å². The molecule has 0 heterocycles. The fourth-order valence-electron chi connectivity index (χ4n) is 1.37. The zero-order chi connectivity index (χ0) is 9.73. The number of hydrogen-bond donors (Lipinski definition) is 1. The van der Waals surface area contributed by atoms with Crippen LogP contribution in [0.3, 0.4) is 0 Å². The molecule has 5 heteroatoms. The molecule has 1 N–H and O–H groups in total. The van der Waals surface area contributed by atoms with Gasteiger partial charge in [0.2, 0.25) is 0 Å². The first-order chi connectivity index (χ1) is 6.08. The monoisotopic (exact) mass is 204 g/mol. The number of allylic oxidation sites excluding steroid dienone is 1. The zero-order valence-corrected chi connectivity index (χ0v) is 8.22. The van der Waals surface area contributed by atoms with E-state index in [0.29, 0.717) is 6.04 Å². The first-order valence-corrected chi connectivity index (χ1v) is 5.97. The van der Waals surface area contributed by atoms with E-state index in [9.17, 15) is 13.0 Å². The van der Waals surface area contributed by atoms with E-state index < -0.39 is 10.1 Å². The zero-order valence-electron chi connectivity index (χ0n) is 7.40. The number of rotatable bonds is 4. The van der Waals surface area contributed by atoms with Crippen molar-refractivity contribution in [3.8, 4) is 0 Å². The summed E-state index contributed by atoms with van der Waals surface area (Å²) in [5.74, 6) is -0.312. The lowest BCUT2D eigenvalue weighted by molar-refractivity contribution is 0.450. The standard InChI is InChI=1S/C8H15NO3S/c10-13(11,12)7-6-9-8-4-2-1-3-5-8/h1-2,8-9H,3-7H2,(H,10,11,12)/p-1. The molecule has 1 aliphatic carbocycles. The molecule has 0 saturated carbocycles. The maximum Gasteiger partial charge on any atom is 0.0958 e. The van der Waals surface area contributed by atoms with Gasteiger partial charge in [0.15, 0.2) is 0 Å². The van der Waals surface area contributed by atoms with Crippen molar-refractivity contribution in [1.82, 2.24) is 5.32 Å². The molecule has 0 bridgehead atoms. The van der Waals surface area contributed by atoms with Crippen molar-refractivity contribution in [3.63, 3.8) is 0 Å². The highest BCUT2D eigenvalue weighted by molar-refractivity contribution is 7.85. The Morgan fingerprint density at radius 3 is 2.77 bits per heavy atom. The molecule has 0 amide bonds. The molecule has 13 heavy (non-hydrogen) atoms. The summed E-state index contributed by atoms with van der Waals surface area (Å²) in [5.41, 5.74) is 0. The molecule has 0 aromatic rings. The van der Waals surface area contributed by atoms with Gasteiger partial charge >= 0.3 is 0 Å². The van der Waals surface area contributed by atoms with Crippen LogP contribution < -0.4 is 5.32 Å². The normalized spacial score (nSPS) is 23.3. The summed E-state index contributed by atoms with van der Waals surface area (Å²) in [6, 6.07) is 0.340. The van der Waals surface area contributed by atoms with Crippen molar-refractivity contribution in [3.05, 3.63) is 12.2 Å². The minimum Gasteiger partial charge on any atom is -0.748 e. The van der Waals surface area contributed by atoms with Crippen molar-refractivity contribution in [2.45, 2.75) is 25.3 Å². The fourth-order valence-corrected chi connectivity index (χ4v) is 1.73. The fraction of sp³-hybridized carbons (Fsp3) is 0.750. The number of nitrogens with one attached hydrogen (secondary N) is 1. The molecule has 0 saturated heterocycles. The largest absolute Gasteiger partial charge is 0.748 e. The Morgan fingerprint density at radius 1 is 1.46 bits per heavy atom. The smallest absolute Gasteiger partial charge is 0.0958 e. The van der Waals surface area contributed by atoms with Crippen LogP contribution in [0.15, 0.2) is 12.2 Å². The number of hydrogen-bond acceptors (Lipinski definition) is 4. The lowest BCUT2D eigenvalue weighted by atomic mass is 10.0. The van der Waals surface area contributed by atoms with E-state index in [4.69, 9.17) is 0 Å². The van der Waals surface area contributed by atoms with E-state index >= 15 is 0 Å². The Bertz CT molecular complexity index is 271. The summed E-state index contributed by atoms with van der Waals surface area (Å²) in [7, 11) is -4.06. The molecule has 0 radical (unpaired) electrons. The van der Waals surface area contributed by atoms with Crippen LogP contribution in [0, 0.1) is 0 Å². The van der Waals surface area contributed by atoms with Crippen LogP contribution in [0.5, 0.6) is 0 Å².